The molecule has 0 unspecified atom stereocenters. The first-order valence-electron chi connectivity index (χ1n) is 9.48. The van der Waals surface area contributed by atoms with Crippen LogP contribution in [0.5, 0.6) is 11.5 Å². The summed E-state index contributed by atoms with van der Waals surface area (Å²) in [5, 5.41) is 2.76. The Morgan fingerprint density at radius 1 is 1.10 bits per heavy atom. The normalized spacial score (nSPS) is 10.8. The molecular weight excluding hydrogens is 368 g/mol. The van der Waals surface area contributed by atoms with E-state index in [1.807, 2.05) is 36.4 Å². The minimum Gasteiger partial charge on any atom is -0.493 e. The topological polar surface area (TPSA) is 67.9 Å². The minimum atomic E-state index is -0.271. The average molecular weight is 396 g/mol. The molecule has 6 nitrogen and oxygen atoms in total. The van der Waals surface area contributed by atoms with Gasteiger partial charge in [0.2, 0.25) is 11.8 Å². The lowest BCUT2D eigenvalue weighted by Crippen LogP contribution is -2.33. The van der Waals surface area contributed by atoms with Crippen molar-refractivity contribution in [3.63, 3.8) is 0 Å². The maximum atomic E-state index is 12.3. The minimum absolute atomic E-state index is 0.0383. The zero-order valence-electron chi connectivity index (χ0n) is 17.3. The van der Waals surface area contributed by atoms with E-state index < -0.39 is 0 Å². The monoisotopic (exact) mass is 396 g/mol. The van der Waals surface area contributed by atoms with E-state index in [2.05, 4.69) is 19.2 Å². The molecule has 2 aromatic rings. The van der Waals surface area contributed by atoms with Crippen molar-refractivity contribution in [1.82, 2.24) is 4.90 Å². The van der Waals surface area contributed by atoms with Gasteiger partial charge in [0, 0.05) is 18.8 Å². The van der Waals surface area contributed by atoms with Crippen molar-refractivity contribution < 1.29 is 19.1 Å². The molecule has 0 aliphatic heterocycles. The lowest BCUT2D eigenvalue weighted by molar-refractivity contribution is -0.129. The first-order valence-corrected chi connectivity index (χ1v) is 9.48. The van der Waals surface area contributed by atoms with E-state index >= 15 is 0 Å². The van der Waals surface area contributed by atoms with Crippen molar-refractivity contribution in [2.75, 3.05) is 32.6 Å². The van der Waals surface area contributed by atoms with Crippen LogP contribution in [0.4, 0.5) is 5.69 Å². The second-order valence-corrected chi connectivity index (χ2v) is 7.06. The number of likely N-dealkylation sites (N-methyl/N-ethyl adjacent to an activating group) is 1. The Labute approximate surface area is 172 Å². The van der Waals surface area contributed by atoms with Gasteiger partial charge in [0.05, 0.1) is 20.3 Å². The lowest BCUT2D eigenvalue weighted by atomic mass is 10.2. The SMILES string of the molecule is COc1cc(/C=C/C(=O)N(C)CC(=O)Nc2ccccc2)ccc1OCC(C)C. The molecule has 154 valence electrons. The highest BCUT2D eigenvalue weighted by atomic mass is 16.5. The molecular formula is C23H28N2O4. The van der Waals surface area contributed by atoms with Crippen LogP contribution in [0.15, 0.2) is 54.6 Å². The Morgan fingerprint density at radius 3 is 2.48 bits per heavy atom. The number of carbonyl (C=O) groups is 2. The van der Waals surface area contributed by atoms with E-state index in [1.54, 1.807) is 32.4 Å². The first-order chi connectivity index (χ1) is 13.9. The summed E-state index contributed by atoms with van der Waals surface area (Å²) in [6.45, 7) is 4.71. The summed E-state index contributed by atoms with van der Waals surface area (Å²) in [6.07, 6.45) is 3.11. The van der Waals surface area contributed by atoms with E-state index in [1.165, 1.54) is 11.0 Å². The van der Waals surface area contributed by atoms with Gasteiger partial charge in [0.1, 0.15) is 0 Å². The van der Waals surface area contributed by atoms with Crippen LogP contribution in [0.25, 0.3) is 6.08 Å². The highest BCUT2D eigenvalue weighted by Gasteiger charge is 2.11. The summed E-state index contributed by atoms with van der Waals surface area (Å²) in [6, 6.07) is 14.6. The van der Waals surface area contributed by atoms with Crippen LogP contribution in [0.2, 0.25) is 0 Å². The number of carbonyl (C=O) groups excluding carboxylic acids is 2. The van der Waals surface area contributed by atoms with E-state index in [0.29, 0.717) is 29.7 Å². The molecule has 2 rings (SSSR count). The maximum Gasteiger partial charge on any atom is 0.246 e. The molecule has 0 radical (unpaired) electrons. The van der Waals surface area contributed by atoms with E-state index in [-0.39, 0.29) is 18.4 Å². The zero-order valence-corrected chi connectivity index (χ0v) is 17.3. The number of anilines is 1. The van der Waals surface area contributed by atoms with Gasteiger partial charge in [-0.3, -0.25) is 9.59 Å². The van der Waals surface area contributed by atoms with Gasteiger partial charge in [-0.1, -0.05) is 38.1 Å². The zero-order chi connectivity index (χ0) is 21.2. The molecule has 29 heavy (non-hydrogen) atoms. The highest BCUT2D eigenvalue weighted by Crippen LogP contribution is 2.29. The lowest BCUT2D eigenvalue weighted by Gasteiger charge is -2.15. The molecule has 0 aromatic heterocycles. The molecule has 0 fully saturated rings. The summed E-state index contributed by atoms with van der Waals surface area (Å²) in [4.78, 5) is 25.7. The Hall–Kier alpha value is -3.28. The molecule has 0 atom stereocenters. The van der Waals surface area contributed by atoms with Crippen molar-refractivity contribution in [3.8, 4) is 11.5 Å². The fourth-order valence-electron chi connectivity index (χ4n) is 2.47. The molecule has 2 amide bonds. The van der Waals surface area contributed by atoms with Gasteiger partial charge >= 0.3 is 0 Å². The summed E-state index contributed by atoms with van der Waals surface area (Å²) in [7, 11) is 3.16. The molecule has 0 saturated heterocycles. The van der Waals surface area contributed by atoms with Crippen molar-refractivity contribution in [2.24, 2.45) is 5.92 Å². The van der Waals surface area contributed by atoms with Gasteiger partial charge in [-0.05, 0) is 41.8 Å². The predicted molar refractivity (Wildman–Crippen MR) is 115 cm³/mol. The Balaban J connectivity index is 1.93. The van der Waals surface area contributed by atoms with Crippen LogP contribution < -0.4 is 14.8 Å². The summed E-state index contributed by atoms with van der Waals surface area (Å²) in [5.74, 6) is 1.16. The van der Waals surface area contributed by atoms with E-state index in [0.717, 1.165) is 5.56 Å². The van der Waals surface area contributed by atoms with Gasteiger partial charge in [0.25, 0.3) is 0 Å². The first kappa shape index (κ1) is 22.0. The van der Waals surface area contributed by atoms with Crippen LogP contribution in [0.3, 0.4) is 0 Å². The Bertz CT molecular complexity index is 847. The number of nitrogens with one attached hydrogen (secondary N) is 1. The number of hydrogen-bond acceptors (Lipinski definition) is 4. The van der Waals surface area contributed by atoms with Crippen molar-refractivity contribution in [2.45, 2.75) is 13.8 Å². The molecule has 0 aliphatic rings. The van der Waals surface area contributed by atoms with Crippen LogP contribution in [0, 0.1) is 5.92 Å². The molecule has 2 aromatic carbocycles. The number of hydrogen-bond donors (Lipinski definition) is 1. The summed E-state index contributed by atoms with van der Waals surface area (Å²) < 4.78 is 11.1. The van der Waals surface area contributed by atoms with Gasteiger partial charge < -0.3 is 19.7 Å². The van der Waals surface area contributed by atoms with Crippen molar-refractivity contribution in [1.29, 1.82) is 0 Å². The van der Waals surface area contributed by atoms with Crippen LogP contribution in [0.1, 0.15) is 19.4 Å². The molecule has 0 heterocycles. The number of amides is 2. The largest absolute Gasteiger partial charge is 0.493 e. The number of nitrogens with zero attached hydrogens (tertiary/aromatic N) is 1. The van der Waals surface area contributed by atoms with Gasteiger partial charge in [0.15, 0.2) is 11.5 Å². The number of ether oxygens (including phenoxy) is 2. The van der Waals surface area contributed by atoms with Gasteiger partial charge in [-0.2, -0.15) is 0 Å². The predicted octanol–water partition coefficient (Wildman–Crippen LogP) is 3.84. The van der Waals surface area contributed by atoms with Gasteiger partial charge in [-0.25, -0.2) is 0 Å². The van der Waals surface area contributed by atoms with E-state index in [4.69, 9.17) is 9.47 Å². The summed E-state index contributed by atoms with van der Waals surface area (Å²) >= 11 is 0. The standard InChI is InChI=1S/C23H28N2O4/c1-17(2)16-29-20-12-10-18(14-21(20)28-4)11-13-23(27)25(3)15-22(26)24-19-8-6-5-7-9-19/h5-14,17H,15-16H2,1-4H3,(H,24,26)/b13-11+. The smallest absolute Gasteiger partial charge is 0.246 e. The average Bonchev–Trinajstić information content (AvgIpc) is 2.71. The maximum absolute atomic E-state index is 12.3. The van der Waals surface area contributed by atoms with Crippen LogP contribution >= 0.6 is 0 Å². The van der Waals surface area contributed by atoms with E-state index in [9.17, 15) is 9.59 Å². The third-order valence-electron chi connectivity index (χ3n) is 3.99. The van der Waals surface area contributed by atoms with Crippen molar-refractivity contribution >= 4 is 23.6 Å². The fraction of sp³-hybridized carbons (Fsp3) is 0.304. The quantitative estimate of drug-likeness (QED) is 0.654. The Morgan fingerprint density at radius 2 is 1.83 bits per heavy atom. The third kappa shape index (κ3) is 7.33. The number of para-hydroxylation sites is 1. The second kappa shape index (κ2) is 10.9. The van der Waals surface area contributed by atoms with Crippen LogP contribution in [-0.4, -0.2) is 44.0 Å². The molecule has 6 heteroatoms. The molecule has 0 spiro atoms. The fourth-order valence-corrected chi connectivity index (χ4v) is 2.47. The molecule has 1 N–H and O–H groups in total. The molecule has 0 aliphatic carbocycles. The number of benzene rings is 2. The number of methoxy groups -OCH3 is 1. The molecule has 0 bridgehead atoms. The Kier molecular flexibility index (Phi) is 8.27. The van der Waals surface area contributed by atoms with Crippen molar-refractivity contribution in [3.05, 3.63) is 60.2 Å². The highest BCUT2D eigenvalue weighted by molar-refractivity contribution is 5.97. The third-order valence-corrected chi connectivity index (χ3v) is 3.99. The summed E-state index contributed by atoms with van der Waals surface area (Å²) in [5.41, 5.74) is 1.50. The second-order valence-electron chi connectivity index (χ2n) is 7.06. The molecule has 0 saturated carbocycles. The number of rotatable bonds is 9. The van der Waals surface area contributed by atoms with Gasteiger partial charge in [-0.15, -0.1) is 0 Å². The van der Waals surface area contributed by atoms with Crippen LogP contribution in [-0.2, 0) is 9.59 Å².